The lowest BCUT2D eigenvalue weighted by molar-refractivity contribution is -0.161. The summed E-state index contributed by atoms with van der Waals surface area (Å²) >= 11 is 0. The first kappa shape index (κ1) is 83.9. The van der Waals surface area contributed by atoms with Crippen LogP contribution in [0.15, 0.2) is 0 Å². The minimum absolute atomic E-state index is 0.0551. The van der Waals surface area contributed by atoms with Crippen LogP contribution >= 0.6 is 0 Å². The van der Waals surface area contributed by atoms with Crippen molar-refractivity contribution in [1.82, 2.24) is 0 Å². The zero-order valence-electron chi connectivity index (χ0n) is 58.7. The Kier molecular flexibility index (Phi) is 76.1. The Morgan fingerprint density at radius 2 is 0.365 bits per heavy atom. The van der Waals surface area contributed by atoms with Gasteiger partial charge in [0.2, 0.25) is 0 Å². The Hall–Kier alpha value is -1.10. The van der Waals surface area contributed by atoms with E-state index in [1.807, 2.05) is 0 Å². The van der Waals surface area contributed by atoms with Crippen LogP contribution in [0.1, 0.15) is 483 Å². The number of aliphatic hydroxyl groups is 1. The second-order valence-corrected chi connectivity index (χ2v) is 27.9. The summed E-state index contributed by atoms with van der Waals surface area (Å²) in [5, 5.41) is 9.73. The molecule has 508 valence electrons. The van der Waals surface area contributed by atoms with Gasteiger partial charge < -0.3 is 14.6 Å². The van der Waals surface area contributed by atoms with Gasteiger partial charge in [0.25, 0.3) is 0 Å². The number of unbranched alkanes of at least 4 members (excludes halogenated alkanes) is 69. The maximum atomic E-state index is 12.4. The molecule has 1 N–H and O–H groups in total. The molecule has 0 saturated carbocycles. The fourth-order valence-electron chi connectivity index (χ4n) is 13.2. The number of carbonyl (C=O) groups excluding carboxylic acids is 2. The fraction of sp³-hybridized carbons (Fsp3) is 0.975. The number of aliphatic hydroxyl groups excluding tert-OH is 1. The number of esters is 2. The third-order valence-corrected chi connectivity index (χ3v) is 19.2. The molecule has 5 heteroatoms. The van der Waals surface area contributed by atoms with E-state index in [-0.39, 0.29) is 25.2 Å². The van der Waals surface area contributed by atoms with E-state index < -0.39 is 6.10 Å². The summed E-state index contributed by atoms with van der Waals surface area (Å²) in [5.41, 5.74) is 0. The lowest BCUT2D eigenvalue weighted by Gasteiger charge is -2.15. The Labute approximate surface area is 535 Å². The highest BCUT2D eigenvalue weighted by molar-refractivity contribution is 5.70. The van der Waals surface area contributed by atoms with Gasteiger partial charge in [-0.2, -0.15) is 0 Å². The fourth-order valence-corrected chi connectivity index (χ4v) is 13.2. The minimum Gasteiger partial charge on any atom is -0.462 e. The van der Waals surface area contributed by atoms with Crippen molar-refractivity contribution in [3.63, 3.8) is 0 Å². The molecule has 0 aliphatic carbocycles. The molecule has 1 atom stereocenters. The molecule has 0 aliphatic rings. The van der Waals surface area contributed by atoms with Gasteiger partial charge in [-0.1, -0.05) is 457 Å². The van der Waals surface area contributed by atoms with E-state index >= 15 is 0 Å². The Morgan fingerprint density at radius 1 is 0.224 bits per heavy atom. The van der Waals surface area contributed by atoms with E-state index in [2.05, 4.69) is 13.8 Å². The minimum atomic E-state index is -0.766. The van der Waals surface area contributed by atoms with Crippen molar-refractivity contribution in [3.05, 3.63) is 0 Å². The highest BCUT2D eigenvalue weighted by Crippen LogP contribution is 2.21. The second-order valence-electron chi connectivity index (χ2n) is 27.9. The summed E-state index contributed by atoms with van der Waals surface area (Å²) in [6.07, 6.45) is 99.3. The van der Waals surface area contributed by atoms with E-state index in [1.165, 1.54) is 424 Å². The monoisotopic (exact) mass is 1200 g/mol. The van der Waals surface area contributed by atoms with Crippen molar-refractivity contribution < 1.29 is 24.2 Å². The van der Waals surface area contributed by atoms with Gasteiger partial charge in [0.1, 0.15) is 6.61 Å². The molecule has 1 unspecified atom stereocenters. The van der Waals surface area contributed by atoms with Crippen LogP contribution in [0, 0.1) is 0 Å². The molecule has 0 aromatic rings. The average Bonchev–Trinajstić information content (AvgIpc) is 3.51. The smallest absolute Gasteiger partial charge is 0.306 e. The Bertz CT molecular complexity index is 1220. The van der Waals surface area contributed by atoms with Gasteiger partial charge in [0.15, 0.2) is 6.10 Å². The predicted molar refractivity (Wildman–Crippen MR) is 376 cm³/mol. The maximum Gasteiger partial charge on any atom is 0.306 e. The third kappa shape index (κ3) is 75.3. The molecule has 85 heavy (non-hydrogen) atoms. The summed E-state index contributed by atoms with van der Waals surface area (Å²) in [6.45, 7) is 4.24. The topological polar surface area (TPSA) is 72.8 Å². The highest BCUT2D eigenvalue weighted by atomic mass is 16.6. The van der Waals surface area contributed by atoms with E-state index in [4.69, 9.17) is 9.47 Å². The quantitative estimate of drug-likeness (QED) is 0.0485. The SMILES string of the molecule is CCCCCCCCCCCCCCCCCCCCCCCCCCCCCCCCCCCCCCCCCC(=O)OC(CO)COC(=O)CCCCCCCCCCCCCCCCCCCCCCCCCCCCCCCCCC. The molecule has 0 aromatic heterocycles. The molecule has 0 aromatic carbocycles. The average molecular weight is 1200 g/mol. The van der Waals surface area contributed by atoms with Gasteiger partial charge in [-0.25, -0.2) is 0 Å². The number of carbonyl (C=O) groups is 2. The Morgan fingerprint density at radius 3 is 0.518 bits per heavy atom. The van der Waals surface area contributed by atoms with Gasteiger partial charge in [-0.15, -0.1) is 0 Å². The summed E-state index contributed by atoms with van der Waals surface area (Å²) in [5.74, 6) is -0.555. The van der Waals surface area contributed by atoms with E-state index in [0.29, 0.717) is 12.8 Å². The summed E-state index contributed by atoms with van der Waals surface area (Å²) < 4.78 is 10.8. The molecule has 0 rings (SSSR count). The van der Waals surface area contributed by atoms with Gasteiger partial charge in [0, 0.05) is 12.8 Å². The van der Waals surface area contributed by atoms with Crippen molar-refractivity contribution >= 4 is 11.9 Å². The molecule has 0 bridgehead atoms. The lowest BCUT2D eigenvalue weighted by Crippen LogP contribution is -2.28. The lowest BCUT2D eigenvalue weighted by atomic mass is 10.0. The van der Waals surface area contributed by atoms with Gasteiger partial charge in [-0.3, -0.25) is 9.59 Å². The zero-order chi connectivity index (χ0) is 61.2. The van der Waals surface area contributed by atoms with Crippen molar-refractivity contribution in [2.45, 2.75) is 489 Å². The van der Waals surface area contributed by atoms with Crippen LogP contribution in [0.5, 0.6) is 0 Å². The Balaban J connectivity index is 3.32. The van der Waals surface area contributed by atoms with Gasteiger partial charge in [0.05, 0.1) is 6.61 Å². The van der Waals surface area contributed by atoms with Crippen molar-refractivity contribution in [2.24, 2.45) is 0 Å². The number of hydrogen-bond donors (Lipinski definition) is 1. The largest absolute Gasteiger partial charge is 0.462 e. The molecule has 0 radical (unpaired) electrons. The first-order valence-electron chi connectivity index (χ1n) is 40.1. The van der Waals surface area contributed by atoms with Crippen LogP contribution < -0.4 is 0 Å². The molecule has 0 saturated heterocycles. The van der Waals surface area contributed by atoms with Crippen LogP contribution in [0.25, 0.3) is 0 Å². The molecule has 0 heterocycles. The van der Waals surface area contributed by atoms with Crippen molar-refractivity contribution in [2.75, 3.05) is 13.2 Å². The van der Waals surface area contributed by atoms with E-state index in [9.17, 15) is 14.7 Å². The van der Waals surface area contributed by atoms with Crippen LogP contribution in [0.2, 0.25) is 0 Å². The molecule has 0 amide bonds. The molecule has 0 fully saturated rings. The molecule has 5 nitrogen and oxygen atoms in total. The first-order valence-corrected chi connectivity index (χ1v) is 40.1. The van der Waals surface area contributed by atoms with Crippen LogP contribution in [0.3, 0.4) is 0 Å². The zero-order valence-corrected chi connectivity index (χ0v) is 58.7. The summed E-state index contributed by atoms with van der Waals surface area (Å²) in [4.78, 5) is 24.7. The van der Waals surface area contributed by atoms with Gasteiger partial charge >= 0.3 is 11.9 Å². The standard InChI is InChI=1S/C80H158O5/c1-3-5-7-9-11-13-15-17-19-21-23-25-27-29-31-33-35-37-38-39-40-41-42-43-45-47-49-51-53-55-57-59-61-63-65-67-69-71-73-75-80(83)85-78(76-81)77-84-79(82)74-72-70-68-66-64-62-60-58-56-54-52-50-48-46-44-36-34-32-30-28-26-24-22-20-18-16-14-12-10-8-6-4-2/h78,81H,3-77H2,1-2H3. The van der Waals surface area contributed by atoms with Crippen LogP contribution in [0.4, 0.5) is 0 Å². The highest BCUT2D eigenvalue weighted by Gasteiger charge is 2.16. The third-order valence-electron chi connectivity index (χ3n) is 19.2. The van der Waals surface area contributed by atoms with Crippen LogP contribution in [-0.2, 0) is 19.1 Å². The summed E-state index contributed by atoms with van der Waals surface area (Å²) in [7, 11) is 0. The number of ether oxygens (including phenoxy) is 2. The molecular formula is C80H158O5. The number of rotatable bonds is 77. The molecule has 0 aliphatic heterocycles. The van der Waals surface area contributed by atoms with Crippen LogP contribution in [-0.4, -0.2) is 36.4 Å². The second kappa shape index (κ2) is 77.1. The van der Waals surface area contributed by atoms with Crippen molar-refractivity contribution in [1.29, 1.82) is 0 Å². The normalized spacial score (nSPS) is 12.0. The maximum absolute atomic E-state index is 12.4. The van der Waals surface area contributed by atoms with E-state index in [0.717, 1.165) is 32.1 Å². The summed E-state index contributed by atoms with van der Waals surface area (Å²) in [6, 6.07) is 0. The predicted octanol–water partition coefficient (Wildman–Crippen LogP) is 28.0. The van der Waals surface area contributed by atoms with Gasteiger partial charge in [-0.05, 0) is 12.8 Å². The van der Waals surface area contributed by atoms with Crippen molar-refractivity contribution in [3.8, 4) is 0 Å². The van der Waals surface area contributed by atoms with E-state index in [1.54, 1.807) is 0 Å². The first-order chi connectivity index (χ1) is 42.1. The number of hydrogen-bond acceptors (Lipinski definition) is 5. The molecule has 0 spiro atoms. The molecular weight excluding hydrogens is 1040 g/mol.